The zero-order valence-corrected chi connectivity index (χ0v) is 9.83. The molecule has 0 saturated carbocycles. The maximum absolute atomic E-state index is 11.5. The van der Waals surface area contributed by atoms with Crippen molar-refractivity contribution in [2.45, 2.75) is 6.54 Å². The highest BCUT2D eigenvalue weighted by Gasteiger charge is 2.31. The van der Waals surface area contributed by atoms with E-state index in [-0.39, 0.29) is 6.54 Å². The molecule has 5 nitrogen and oxygen atoms in total. The molecule has 0 radical (unpaired) electrons. The number of hydrogen-bond donors (Lipinski definition) is 1. The van der Waals surface area contributed by atoms with E-state index in [9.17, 15) is 8.42 Å². The lowest BCUT2D eigenvalue weighted by molar-refractivity contribution is 0.409. The normalized spacial score (nSPS) is 16.1. The van der Waals surface area contributed by atoms with Crippen LogP contribution in [0.1, 0.15) is 5.56 Å². The number of rotatable bonds is 5. The lowest BCUT2D eigenvalue weighted by atomic mass is 10.2. The van der Waals surface area contributed by atoms with Crippen molar-refractivity contribution in [2.24, 2.45) is 0 Å². The summed E-state index contributed by atoms with van der Waals surface area (Å²) in [6.07, 6.45) is 0. The second kappa shape index (κ2) is 4.40. The van der Waals surface area contributed by atoms with Crippen LogP contribution in [0.15, 0.2) is 24.3 Å². The Morgan fingerprint density at radius 1 is 1.38 bits per heavy atom. The molecule has 1 N–H and O–H groups in total. The van der Waals surface area contributed by atoms with E-state index < -0.39 is 10.2 Å². The molecule has 1 saturated heterocycles. The Morgan fingerprint density at radius 3 is 2.69 bits per heavy atom. The topological polar surface area (TPSA) is 58.4 Å². The van der Waals surface area contributed by atoms with Crippen molar-refractivity contribution >= 4 is 10.2 Å². The highest BCUT2D eigenvalue weighted by atomic mass is 32.2. The molecule has 1 aliphatic heterocycles. The lowest BCUT2D eigenvalue weighted by Gasteiger charge is -2.09. The number of hydrogen-bond acceptors (Lipinski definition) is 3. The third kappa shape index (κ3) is 2.52. The Bertz CT molecular complexity index is 469. The van der Waals surface area contributed by atoms with Gasteiger partial charge in [0, 0.05) is 25.2 Å². The highest BCUT2D eigenvalue weighted by molar-refractivity contribution is 7.87. The summed E-state index contributed by atoms with van der Waals surface area (Å²) in [5.41, 5.74) is 0.829. The van der Waals surface area contributed by atoms with Gasteiger partial charge in [-0.25, -0.2) is 0 Å². The molecule has 0 spiro atoms. The summed E-state index contributed by atoms with van der Waals surface area (Å²) < 4.78 is 32.1. The van der Waals surface area contributed by atoms with Crippen LogP contribution in [0.25, 0.3) is 0 Å². The predicted molar refractivity (Wildman–Crippen MR) is 60.3 cm³/mol. The molecule has 6 heteroatoms. The molecule has 1 fully saturated rings. The van der Waals surface area contributed by atoms with E-state index in [2.05, 4.69) is 4.72 Å². The minimum Gasteiger partial charge on any atom is -0.496 e. The monoisotopic (exact) mass is 242 g/mol. The zero-order chi connectivity index (χ0) is 11.6. The van der Waals surface area contributed by atoms with Crippen molar-refractivity contribution in [3.05, 3.63) is 29.8 Å². The van der Waals surface area contributed by atoms with Gasteiger partial charge in [-0.3, -0.25) is 0 Å². The molecule has 0 aliphatic carbocycles. The number of nitrogens with zero attached hydrogens (tertiary/aromatic N) is 1. The first-order valence-electron chi connectivity index (χ1n) is 5.00. The fourth-order valence-corrected chi connectivity index (χ4v) is 2.47. The Balaban J connectivity index is 2.04. The number of methoxy groups -OCH3 is 1. The van der Waals surface area contributed by atoms with Gasteiger partial charge in [-0.05, 0) is 6.07 Å². The number of para-hydroxylation sites is 1. The van der Waals surface area contributed by atoms with E-state index in [0.717, 1.165) is 5.56 Å². The van der Waals surface area contributed by atoms with Gasteiger partial charge in [0.15, 0.2) is 0 Å². The van der Waals surface area contributed by atoms with E-state index in [0.29, 0.717) is 18.8 Å². The molecule has 16 heavy (non-hydrogen) atoms. The molecule has 0 bridgehead atoms. The second-order valence-corrected chi connectivity index (χ2v) is 5.29. The molecule has 0 atom stereocenters. The molecule has 1 aromatic rings. The van der Waals surface area contributed by atoms with Crippen LogP contribution in [0, 0.1) is 0 Å². The largest absolute Gasteiger partial charge is 0.496 e. The molecule has 1 aromatic carbocycles. The maximum Gasteiger partial charge on any atom is 0.279 e. The number of ether oxygens (including phenoxy) is 1. The molecule has 1 heterocycles. The first-order chi connectivity index (χ1) is 7.63. The number of benzene rings is 1. The van der Waals surface area contributed by atoms with E-state index in [1.807, 2.05) is 18.2 Å². The van der Waals surface area contributed by atoms with Gasteiger partial charge < -0.3 is 4.74 Å². The summed E-state index contributed by atoms with van der Waals surface area (Å²) in [4.78, 5) is 0. The number of nitrogens with one attached hydrogen (secondary N) is 1. The van der Waals surface area contributed by atoms with Crippen molar-refractivity contribution in [3.63, 3.8) is 0 Å². The molecule has 88 valence electrons. The molecule has 0 amide bonds. The predicted octanol–water partition coefficient (Wildman–Crippen LogP) is 0.345. The summed E-state index contributed by atoms with van der Waals surface area (Å²) >= 11 is 0. The van der Waals surface area contributed by atoms with Crippen LogP contribution in [0.5, 0.6) is 5.75 Å². The van der Waals surface area contributed by atoms with E-state index in [1.54, 1.807) is 13.2 Å². The third-order valence-electron chi connectivity index (χ3n) is 2.38. The summed E-state index contributed by atoms with van der Waals surface area (Å²) in [6.45, 7) is 1.48. The molecule has 1 aliphatic rings. The average molecular weight is 242 g/mol. The van der Waals surface area contributed by atoms with Gasteiger partial charge in [0.1, 0.15) is 5.75 Å². The van der Waals surface area contributed by atoms with E-state index in [1.165, 1.54) is 4.31 Å². The van der Waals surface area contributed by atoms with Gasteiger partial charge in [-0.1, -0.05) is 18.2 Å². The van der Waals surface area contributed by atoms with Crippen LogP contribution >= 0.6 is 0 Å². The summed E-state index contributed by atoms with van der Waals surface area (Å²) in [5.74, 6) is 0.691. The van der Waals surface area contributed by atoms with Gasteiger partial charge >= 0.3 is 0 Å². The van der Waals surface area contributed by atoms with Crippen LogP contribution < -0.4 is 9.46 Å². The molecular formula is C10H14N2O3S. The zero-order valence-electron chi connectivity index (χ0n) is 9.01. The maximum atomic E-state index is 11.5. The first kappa shape index (κ1) is 11.4. The van der Waals surface area contributed by atoms with Crippen molar-refractivity contribution < 1.29 is 13.2 Å². The Labute approximate surface area is 95.2 Å². The SMILES string of the molecule is COc1ccccc1CNS(=O)(=O)N1CC1. The minimum atomic E-state index is -3.28. The van der Waals surface area contributed by atoms with Crippen molar-refractivity contribution in [1.29, 1.82) is 0 Å². The standard InChI is InChI=1S/C10H14N2O3S/c1-15-10-5-3-2-4-9(10)8-11-16(13,14)12-6-7-12/h2-5,11H,6-8H2,1H3. The second-order valence-electron chi connectivity index (χ2n) is 3.54. The van der Waals surface area contributed by atoms with Gasteiger partial charge in [-0.15, -0.1) is 0 Å². The summed E-state index contributed by atoms with van der Waals surface area (Å²) in [7, 11) is -1.72. The quantitative estimate of drug-likeness (QED) is 0.758. The Morgan fingerprint density at radius 2 is 2.06 bits per heavy atom. The smallest absolute Gasteiger partial charge is 0.279 e. The van der Waals surface area contributed by atoms with Crippen LogP contribution in [-0.4, -0.2) is 32.9 Å². The molecule has 2 rings (SSSR count). The molecule has 0 aromatic heterocycles. The fourth-order valence-electron chi connectivity index (χ4n) is 1.39. The van der Waals surface area contributed by atoms with Gasteiger partial charge in [0.2, 0.25) is 0 Å². The average Bonchev–Trinajstić information content (AvgIpc) is 3.11. The van der Waals surface area contributed by atoms with Crippen molar-refractivity contribution in [1.82, 2.24) is 9.03 Å². The summed E-state index contributed by atoms with van der Waals surface area (Å²) in [5, 5.41) is 0. The van der Waals surface area contributed by atoms with E-state index >= 15 is 0 Å². The Hall–Kier alpha value is -1.11. The third-order valence-corrected chi connectivity index (χ3v) is 3.94. The van der Waals surface area contributed by atoms with Crippen molar-refractivity contribution in [2.75, 3.05) is 20.2 Å². The van der Waals surface area contributed by atoms with Crippen LogP contribution in [-0.2, 0) is 16.8 Å². The summed E-state index contributed by atoms with van der Waals surface area (Å²) in [6, 6.07) is 7.34. The Kier molecular flexibility index (Phi) is 3.13. The highest BCUT2D eigenvalue weighted by Crippen LogP contribution is 2.18. The van der Waals surface area contributed by atoms with Crippen molar-refractivity contribution in [3.8, 4) is 5.75 Å². The lowest BCUT2D eigenvalue weighted by Crippen LogP contribution is -2.29. The van der Waals surface area contributed by atoms with Gasteiger partial charge in [0.25, 0.3) is 10.2 Å². The van der Waals surface area contributed by atoms with Gasteiger partial charge in [-0.2, -0.15) is 17.4 Å². The van der Waals surface area contributed by atoms with Gasteiger partial charge in [0.05, 0.1) is 7.11 Å². The minimum absolute atomic E-state index is 0.253. The first-order valence-corrected chi connectivity index (χ1v) is 6.44. The fraction of sp³-hybridized carbons (Fsp3) is 0.400. The van der Waals surface area contributed by atoms with Crippen LogP contribution in [0.2, 0.25) is 0 Å². The molecular weight excluding hydrogens is 228 g/mol. The molecule has 0 unspecified atom stereocenters. The van der Waals surface area contributed by atoms with Crippen LogP contribution in [0.4, 0.5) is 0 Å². The van der Waals surface area contributed by atoms with Crippen LogP contribution in [0.3, 0.4) is 0 Å². The van der Waals surface area contributed by atoms with E-state index in [4.69, 9.17) is 4.74 Å².